The van der Waals surface area contributed by atoms with E-state index in [0.29, 0.717) is 5.75 Å². The number of benzene rings is 1. The first-order chi connectivity index (χ1) is 7.58. The van der Waals surface area contributed by atoms with E-state index in [0.717, 1.165) is 10.6 Å². The summed E-state index contributed by atoms with van der Waals surface area (Å²) in [7, 11) is 0. The monoisotopic (exact) mass is 236 g/mol. The van der Waals surface area contributed by atoms with E-state index >= 15 is 0 Å². The van der Waals surface area contributed by atoms with E-state index < -0.39 is 0 Å². The summed E-state index contributed by atoms with van der Waals surface area (Å²) in [5.74, 6) is 0.312. The molecule has 1 rings (SSSR count). The Hall–Kier alpha value is -1.29. The maximum Gasteiger partial charge on any atom is 0.250 e. The Bertz CT molecular complexity index is 381. The zero-order valence-electron chi connectivity index (χ0n) is 9.78. The molecule has 0 spiro atoms. The van der Waals surface area contributed by atoms with Crippen LogP contribution < -0.4 is 5.43 Å². The molecule has 86 valence electrons. The first kappa shape index (κ1) is 12.8. The number of nitrogens with one attached hydrogen (secondary N) is 1. The number of rotatable bonds is 4. The van der Waals surface area contributed by atoms with Crippen LogP contribution in [0.4, 0.5) is 0 Å². The topological polar surface area (TPSA) is 41.5 Å². The van der Waals surface area contributed by atoms with Crippen LogP contribution in [-0.4, -0.2) is 17.4 Å². The standard InChI is InChI=1S/C12H16N2OS/c1-9(2)13-14-12(15)8-16-11-6-4-10(3)5-7-11/h4-7H,8H2,1-3H3,(H,14,15). The second kappa shape index (κ2) is 6.33. The normalized spacial score (nSPS) is 9.69. The molecule has 0 aromatic heterocycles. The Morgan fingerprint density at radius 3 is 2.50 bits per heavy atom. The van der Waals surface area contributed by atoms with E-state index in [-0.39, 0.29) is 5.91 Å². The number of carbonyl (C=O) groups excluding carboxylic acids is 1. The molecule has 0 unspecified atom stereocenters. The van der Waals surface area contributed by atoms with Crippen molar-refractivity contribution in [3.63, 3.8) is 0 Å². The van der Waals surface area contributed by atoms with Gasteiger partial charge in [-0.25, -0.2) is 5.43 Å². The second-order valence-electron chi connectivity index (χ2n) is 3.70. The van der Waals surface area contributed by atoms with Crippen molar-refractivity contribution in [2.75, 3.05) is 5.75 Å². The van der Waals surface area contributed by atoms with Crippen LogP contribution in [0.15, 0.2) is 34.3 Å². The third-order valence-electron chi connectivity index (χ3n) is 1.80. The summed E-state index contributed by atoms with van der Waals surface area (Å²) in [6, 6.07) is 8.10. The van der Waals surface area contributed by atoms with Crippen molar-refractivity contribution in [1.29, 1.82) is 0 Å². The van der Waals surface area contributed by atoms with Crippen LogP contribution in [0.5, 0.6) is 0 Å². The lowest BCUT2D eigenvalue weighted by Crippen LogP contribution is -2.20. The van der Waals surface area contributed by atoms with Gasteiger partial charge in [0.05, 0.1) is 5.75 Å². The van der Waals surface area contributed by atoms with Gasteiger partial charge in [-0.2, -0.15) is 5.10 Å². The summed E-state index contributed by atoms with van der Waals surface area (Å²) < 4.78 is 0. The molecule has 0 aliphatic carbocycles. The zero-order valence-corrected chi connectivity index (χ0v) is 10.6. The van der Waals surface area contributed by atoms with E-state index in [2.05, 4.69) is 10.5 Å². The van der Waals surface area contributed by atoms with Crippen molar-refractivity contribution in [1.82, 2.24) is 5.43 Å². The summed E-state index contributed by atoms with van der Waals surface area (Å²) in [6.45, 7) is 5.72. The molecule has 1 aromatic rings. The minimum absolute atomic E-state index is 0.0771. The van der Waals surface area contributed by atoms with Crippen molar-refractivity contribution in [3.05, 3.63) is 29.8 Å². The van der Waals surface area contributed by atoms with Gasteiger partial charge in [0.15, 0.2) is 0 Å². The highest BCUT2D eigenvalue weighted by Crippen LogP contribution is 2.17. The van der Waals surface area contributed by atoms with Crippen LogP contribution >= 0.6 is 11.8 Å². The maximum absolute atomic E-state index is 11.3. The molecule has 0 bridgehead atoms. The average Bonchev–Trinajstić information content (AvgIpc) is 2.25. The summed E-state index contributed by atoms with van der Waals surface area (Å²) >= 11 is 1.51. The predicted octanol–water partition coefficient (Wildman–Crippen LogP) is 2.60. The van der Waals surface area contributed by atoms with Gasteiger partial charge in [-0.3, -0.25) is 4.79 Å². The number of nitrogens with zero attached hydrogens (tertiary/aromatic N) is 1. The Balaban J connectivity index is 2.37. The average molecular weight is 236 g/mol. The van der Waals surface area contributed by atoms with E-state index in [4.69, 9.17) is 0 Å². The van der Waals surface area contributed by atoms with Crippen LogP contribution in [-0.2, 0) is 4.79 Å². The molecular weight excluding hydrogens is 220 g/mol. The third kappa shape index (κ3) is 4.98. The minimum atomic E-state index is -0.0771. The first-order valence-corrected chi connectivity index (χ1v) is 6.05. The van der Waals surface area contributed by atoms with Gasteiger partial charge in [0.25, 0.3) is 0 Å². The molecule has 4 heteroatoms. The van der Waals surface area contributed by atoms with Gasteiger partial charge in [-0.05, 0) is 32.9 Å². The van der Waals surface area contributed by atoms with Crippen molar-refractivity contribution in [2.45, 2.75) is 25.7 Å². The number of thioether (sulfide) groups is 1. The van der Waals surface area contributed by atoms with Crippen LogP contribution in [0, 0.1) is 6.92 Å². The van der Waals surface area contributed by atoms with Crippen LogP contribution in [0.1, 0.15) is 19.4 Å². The number of aryl methyl sites for hydroxylation is 1. The molecule has 0 fully saturated rings. The molecule has 0 heterocycles. The Morgan fingerprint density at radius 2 is 1.94 bits per heavy atom. The molecule has 1 aromatic carbocycles. The Kier molecular flexibility index (Phi) is 5.05. The highest BCUT2D eigenvalue weighted by atomic mass is 32.2. The number of hydrogen-bond donors (Lipinski definition) is 1. The highest BCUT2D eigenvalue weighted by Gasteiger charge is 2.01. The van der Waals surface area contributed by atoms with Gasteiger partial charge in [-0.1, -0.05) is 17.7 Å². The predicted molar refractivity (Wildman–Crippen MR) is 68.8 cm³/mol. The van der Waals surface area contributed by atoms with E-state index in [9.17, 15) is 4.79 Å². The zero-order chi connectivity index (χ0) is 12.0. The van der Waals surface area contributed by atoms with Crippen molar-refractivity contribution < 1.29 is 4.79 Å². The van der Waals surface area contributed by atoms with Gasteiger partial charge >= 0.3 is 0 Å². The number of amides is 1. The fourth-order valence-electron chi connectivity index (χ4n) is 0.990. The molecule has 1 amide bonds. The largest absolute Gasteiger partial charge is 0.272 e. The van der Waals surface area contributed by atoms with Crippen LogP contribution in [0.25, 0.3) is 0 Å². The smallest absolute Gasteiger partial charge is 0.250 e. The fourth-order valence-corrected chi connectivity index (χ4v) is 1.68. The quantitative estimate of drug-likeness (QED) is 0.496. The summed E-state index contributed by atoms with van der Waals surface area (Å²) in [6.07, 6.45) is 0. The molecule has 0 radical (unpaired) electrons. The van der Waals surface area contributed by atoms with E-state index in [1.165, 1.54) is 17.3 Å². The summed E-state index contributed by atoms with van der Waals surface area (Å²) in [5.41, 5.74) is 4.56. The van der Waals surface area contributed by atoms with Gasteiger partial charge in [0.2, 0.25) is 5.91 Å². The molecule has 0 saturated carbocycles. The van der Waals surface area contributed by atoms with E-state index in [1.54, 1.807) is 0 Å². The number of hydrazone groups is 1. The molecule has 1 N–H and O–H groups in total. The molecule has 0 saturated heterocycles. The molecule has 0 atom stereocenters. The molecule has 0 aliphatic rings. The fraction of sp³-hybridized carbons (Fsp3) is 0.333. The molecule has 16 heavy (non-hydrogen) atoms. The van der Waals surface area contributed by atoms with Gasteiger partial charge < -0.3 is 0 Å². The van der Waals surface area contributed by atoms with Gasteiger partial charge in [0.1, 0.15) is 0 Å². The molecule has 0 aliphatic heterocycles. The van der Waals surface area contributed by atoms with Crippen LogP contribution in [0.2, 0.25) is 0 Å². The minimum Gasteiger partial charge on any atom is -0.272 e. The third-order valence-corrected chi connectivity index (χ3v) is 2.81. The summed E-state index contributed by atoms with van der Waals surface area (Å²) in [5, 5.41) is 3.85. The van der Waals surface area contributed by atoms with Crippen molar-refractivity contribution in [2.24, 2.45) is 5.10 Å². The van der Waals surface area contributed by atoms with Crippen molar-refractivity contribution in [3.8, 4) is 0 Å². The molecule has 3 nitrogen and oxygen atoms in total. The SMILES string of the molecule is CC(C)=NNC(=O)CSc1ccc(C)cc1. The number of carbonyl (C=O) groups is 1. The first-order valence-electron chi connectivity index (χ1n) is 5.07. The van der Waals surface area contributed by atoms with Crippen molar-refractivity contribution >= 4 is 23.4 Å². The lowest BCUT2D eigenvalue weighted by Gasteiger charge is -2.01. The Morgan fingerprint density at radius 1 is 1.31 bits per heavy atom. The molecular formula is C12H16N2OS. The Labute approximate surface area is 100 Å². The van der Waals surface area contributed by atoms with E-state index in [1.807, 2.05) is 45.0 Å². The van der Waals surface area contributed by atoms with Gasteiger partial charge in [0, 0.05) is 10.6 Å². The summed E-state index contributed by atoms with van der Waals surface area (Å²) in [4.78, 5) is 12.4. The second-order valence-corrected chi connectivity index (χ2v) is 4.74. The van der Waals surface area contributed by atoms with Crippen LogP contribution in [0.3, 0.4) is 0 Å². The highest BCUT2D eigenvalue weighted by molar-refractivity contribution is 8.00. The van der Waals surface area contributed by atoms with Gasteiger partial charge in [-0.15, -0.1) is 11.8 Å². The lowest BCUT2D eigenvalue weighted by molar-refractivity contribution is -0.118. The number of hydrogen-bond acceptors (Lipinski definition) is 3. The maximum atomic E-state index is 11.3. The lowest BCUT2D eigenvalue weighted by atomic mass is 10.2.